The number of piperidine rings is 1. The van der Waals surface area contributed by atoms with Crippen molar-refractivity contribution in [1.82, 2.24) is 15.5 Å². The highest BCUT2D eigenvalue weighted by Gasteiger charge is 2.35. The standard InChI is InChI=1S/C23H38N4O.HI/c1-3-24-22(25-18-23(2)14-8-7-11-21(23)28)26-20-12-15-27(16-13-20)17-19-9-5-4-6-10-19;/h4-6,9-10,20-21,28H,3,7-8,11-18H2,1-2H3,(H2,24,25,26);1H. The molecular weight excluding hydrogens is 475 g/mol. The molecule has 3 rings (SSSR count). The molecule has 0 bridgehead atoms. The van der Waals surface area contributed by atoms with Gasteiger partial charge in [-0.2, -0.15) is 0 Å². The van der Waals surface area contributed by atoms with Crippen LogP contribution < -0.4 is 10.6 Å². The second-order valence-electron chi connectivity index (χ2n) is 8.79. The lowest BCUT2D eigenvalue weighted by molar-refractivity contribution is 0.00715. The van der Waals surface area contributed by atoms with Gasteiger partial charge >= 0.3 is 0 Å². The molecule has 0 radical (unpaired) electrons. The van der Waals surface area contributed by atoms with Gasteiger partial charge in [0.05, 0.1) is 12.6 Å². The van der Waals surface area contributed by atoms with E-state index < -0.39 is 0 Å². The number of halogens is 1. The molecule has 6 heteroatoms. The first-order chi connectivity index (χ1) is 13.6. The summed E-state index contributed by atoms with van der Waals surface area (Å²) in [6.07, 6.45) is 6.36. The molecular formula is C23H39IN4O. The maximum absolute atomic E-state index is 10.4. The van der Waals surface area contributed by atoms with E-state index >= 15 is 0 Å². The van der Waals surface area contributed by atoms with E-state index in [4.69, 9.17) is 4.99 Å². The molecule has 2 aliphatic rings. The highest BCUT2D eigenvalue weighted by Crippen LogP contribution is 2.36. The predicted molar refractivity (Wildman–Crippen MR) is 132 cm³/mol. The van der Waals surface area contributed by atoms with Gasteiger partial charge in [0.1, 0.15) is 0 Å². The fourth-order valence-corrected chi connectivity index (χ4v) is 4.42. The predicted octanol–water partition coefficient (Wildman–Crippen LogP) is 3.77. The fourth-order valence-electron chi connectivity index (χ4n) is 4.42. The van der Waals surface area contributed by atoms with E-state index in [0.29, 0.717) is 12.6 Å². The van der Waals surface area contributed by atoms with Crippen molar-refractivity contribution in [3.8, 4) is 0 Å². The van der Waals surface area contributed by atoms with Crippen LogP contribution in [0.25, 0.3) is 0 Å². The molecule has 1 saturated carbocycles. The summed E-state index contributed by atoms with van der Waals surface area (Å²) < 4.78 is 0. The van der Waals surface area contributed by atoms with Gasteiger partial charge in [-0.15, -0.1) is 24.0 Å². The molecule has 164 valence electrons. The first-order valence-corrected chi connectivity index (χ1v) is 11.1. The van der Waals surface area contributed by atoms with Crippen molar-refractivity contribution in [2.24, 2.45) is 10.4 Å². The van der Waals surface area contributed by atoms with Crippen LogP contribution in [0.1, 0.15) is 57.9 Å². The van der Waals surface area contributed by atoms with E-state index in [1.165, 1.54) is 12.0 Å². The molecule has 5 nitrogen and oxygen atoms in total. The minimum atomic E-state index is -0.228. The average Bonchev–Trinajstić information content (AvgIpc) is 2.71. The lowest BCUT2D eigenvalue weighted by Crippen LogP contribution is -2.49. The zero-order chi connectivity index (χ0) is 19.8. The van der Waals surface area contributed by atoms with Crippen LogP contribution in [0.2, 0.25) is 0 Å². The summed E-state index contributed by atoms with van der Waals surface area (Å²) in [5.41, 5.74) is 1.31. The number of hydrogen-bond acceptors (Lipinski definition) is 3. The summed E-state index contributed by atoms with van der Waals surface area (Å²) in [5, 5.41) is 17.5. The molecule has 29 heavy (non-hydrogen) atoms. The van der Waals surface area contributed by atoms with E-state index in [-0.39, 0.29) is 35.5 Å². The summed E-state index contributed by atoms with van der Waals surface area (Å²) in [5.74, 6) is 0.906. The maximum Gasteiger partial charge on any atom is 0.191 e. The van der Waals surface area contributed by atoms with E-state index in [1.54, 1.807) is 0 Å². The van der Waals surface area contributed by atoms with Gasteiger partial charge in [0.15, 0.2) is 5.96 Å². The van der Waals surface area contributed by atoms with Crippen LogP contribution in [-0.4, -0.2) is 54.3 Å². The van der Waals surface area contributed by atoms with E-state index in [2.05, 4.69) is 59.7 Å². The normalized spacial score (nSPS) is 26.6. The molecule has 2 atom stereocenters. The van der Waals surface area contributed by atoms with Crippen molar-refractivity contribution in [2.45, 2.75) is 71.1 Å². The Kier molecular flexibility index (Phi) is 10.2. The van der Waals surface area contributed by atoms with Crippen molar-refractivity contribution < 1.29 is 5.11 Å². The Labute approximate surface area is 193 Å². The number of nitrogens with zero attached hydrogens (tertiary/aromatic N) is 2. The number of aliphatic imine (C=N–C) groups is 1. The zero-order valence-electron chi connectivity index (χ0n) is 18.1. The summed E-state index contributed by atoms with van der Waals surface area (Å²) >= 11 is 0. The third-order valence-corrected chi connectivity index (χ3v) is 6.40. The highest BCUT2D eigenvalue weighted by atomic mass is 127. The average molecular weight is 514 g/mol. The maximum atomic E-state index is 10.4. The van der Waals surface area contributed by atoms with Gasteiger partial charge in [0, 0.05) is 37.6 Å². The molecule has 0 spiro atoms. The fraction of sp³-hybridized carbons (Fsp3) is 0.696. The first-order valence-electron chi connectivity index (χ1n) is 11.1. The number of hydrogen-bond donors (Lipinski definition) is 3. The van der Waals surface area contributed by atoms with Gasteiger partial charge in [0.25, 0.3) is 0 Å². The Hall–Kier alpha value is -0.860. The number of benzene rings is 1. The Morgan fingerprint density at radius 1 is 1.17 bits per heavy atom. The van der Waals surface area contributed by atoms with Crippen molar-refractivity contribution >= 4 is 29.9 Å². The van der Waals surface area contributed by atoms with E-state index in [0.717, 1.165) is 64.2 Å². The topological polar surface area (TPSA) is 59.9 Å². The summed E-state index contributed by atoms with van der Waals surface area (Å²) in [4.78, 5) is 7.40. The Balaban J connectivity index is 0.00000300. The third kappa shape index (κ3) is 7.40. The SMILES string of the molecule is CCNC(=NCC1(C)CCCCC1O)NC1CCN(Cc2ccccc2)CC1.I. The number of likely N-dealkylation sites (tertiary alicyclic amines) is 1. The van der Waals surface area contributed by atoms with Crippen LogP contribution in [0, 0.1) is 5.41 Å². The van der Waals surface area contributed by atoms with Gasteiger partial charge < -0.3 is 15.7 Å². The van der Waals surface area contributed by atoms with Crippen molar-refractivity contribution in [1.29, 1.82) is 0 Å². The molecule has 0 aromatic heterocycles. The van der Waals surface area contributed by atoms with Gasteiger partial charge in [-0.1, -0.05) is 50.1 Å². The van der Waals surface area contributed by atoms with E-state index in [9.17, 15) is 5.11 Å². The largest absolute Gasteiger partial charge is 0.392 e. The van der Waals surface area contributed by atoms with Gasteiger partial charge in [-0.05, 0) is 38.2 Å². The number of nitrogens with one attached hydrogen (secondary N) is 2. The number of rotatable bonds is 6. The summed E-state index contributed by atoms with van der Waals surface area (Å²) in [6, 6.07) is 11.2. The van der Waals surface area contributed by atoms with Crippen molar-refractivity contribution in [2.75, 3.05) is 26.2 Å². The molecule has 1 aromatic rings. The lowest BCUT2D eigenvalue weighted by Gasteiger charge is -2.37. The number of aliphatic hydroxyl groups is 1. The Bertz CT molecular complexity index is 619. The molecule has 3 N–H and O–H groups in total. The lowest BCUT2D eigenvalue weighted by atomic mass is 9.73. The van der Waals surface area contributed by atoms with E-state index in [1.807, 2.05) is 0 Å². The third-order valence-electron chi connectivity index (χ3n) is 6.40. The van der Waals surface area contributed by atoms with Crippen LogP contribution >= 0.6 is 24.0 Å². The first kappa shape index (κ1) is 24.4. The smallest absolute Gasteiger partial charge is 0.191 e. The van der Waals surface area contributed by atoms with Crippen molar-refractivity contribution in [3.63, 3.8) is 0 Å². The van der Waals surface area contributed by atoms with Crippen LogP contribution in [0.5, 0.6) is 0 Å². The molecule has 2 unspecified atom stereocenters. The Morgan fingerprint density at radius 3 is 2.55 bits per heavy atom. The second-order valence-corrected chi connectivity index (χ2v) is 8.79. The van der Waals surface area contributed by atoms with Gasteiger partial charge in [0.2, 0.25) is 0 Å². The molecule has 1 aliphatic heterocycles. The van der Waals surface area contributed by atoms with Crippen LogP contribution in [0.4, 0.5) is 0 Å². The number of aliphatic hydroxyl groups excluding tert-OH is 1. The summed E-state index contributed by atoms with van der Waals surface area (Å²) in [7, 11) is 0. The van der Waals surface area contributed by atoms with Crippen LogP contribution in [0.3, 0.4) is 0 Å². The molecule has 1 aromatic carbocycles. The highest BCUT2D eigenvalue weighted by molar-refractivity contribution is 14.0. The molecule has 2 fully saturated rings. The minimum absolute atomic E-state index is 0. The van der Waals surface area contributed by atoms with Gasteiger partial charge in [-0.3, -0.25) is 9.89 Å². The molecule has 1 heterocycles. The monoisotopic (exact) mass is 514 g/mol. The minimum Gasteiger partial charge on any atom is -0.392 e. The quantitative estimate of drug-likeness (QED) is 0.308. The second kappa shape index (κ2) is 12.1. The van der Waals surface area contributed by atoms with Crippen LogP contribution in [-0.2, 0) is 6.54 Å². The molecule has 1 aliphatic carbocycles. The van der Waals surface area contributed by atoms with Gasteiger partial charge in [-0.25, -0.2) is 0 Å². The number of guanidine groups is 1. The zero-order valence-corrected chi connectivity index (χ0v) is 20.4. The van der Waals surface area contributed by atoms with Crippen molar-refractivity contribution in [3.05, 3.63) is 35.9 Å². The van der Waals surface area contributed by atoms with Crippen LogP contribution in [0.15, 0.2) is 35.3 Å². The molecule has 0 amide bonds. The molecule has 1 saturated heterocycles. The summed E-state index contributed by atoms with van der Waals surface area (Å²) in [6.45, 7) is 9.11. The Morgan fingerprint density at radius 2 is 1.90 bits per heavy atom.